The summed E-state index contributed by atoms with van der Waals surface area (Å²) < 4.78 is 0. The number of carbonyl (C=O) groups is 1. The highest BCUT2D eigenvalue weighted by atomic mass is 16.2. The predicted molar refractivity (Wildman–Crippen MR) is 82.8 cm³/mol. The lowest BCUT2D eigenvalue weighted by atomic mass is 10.1. The van der Waals surface area contributed by atoms with E-state index in [0.717, 1.165) is 18.4 Å². The number of amides is 1. The summed E-state index contributed by atoms with van der Waals surface area (Å²) in [6.45, 7) is 0.655. The molecule has 1 amide bonds. The van der Waals surface area contributed by atoms with Gasteiger partial charge in [0.25, 0.3) is 0 Å². The van der Waals surface area contributed by atoms with E-state index in [0.29, 0.717) is 12.2 Å². The maximum atomic E-state index is 12.1. The average molecular weight is 284 g/mol. The molecular weight excluding hydrogens is 264 g/mol. The molecule has 0 spiro atoms. The molecule has 1 fully saturated rings. The Hall–Kier alpha value is -2.32. The summed E-state index contributed by atoms with van der Waals surface area (Å²) in [5, 5.41) is 9.00. The lowest BCUT2D eigenvalue weighted by Crippen LogP contribution is -2.37. The van der Waals surface area contributed by atoms with Crippen LogP contribution < -0.4 is 11.5 Å². The molecule has 1 aliphatic rings. The summed E-state index contributed by atoms with van der Waals surface area (Å²) in [6.07, 6.45) is 5.52. The fourth-order valence-corrected chi connectivity index (χ4v) is 2.48. The van der Waals surface area contributed by atoms with Gasteiger partial charge in [-0.25, -0.2) is 0 Å². The molecule has 2 rings (SSSR count). The molecule has 1 aromatic rings. The molecule has 5 heteroatoms. The number of nitriles is 1. The van der Waals surface area contributed by atoms with Crippen LogP contribution >= 0.6 is 0 Å². The van der Waals surface area contributed by atoms with E-state index in [1.807, 2.05) is 30.3 Å². The first-order valence-electron chi connectivity index (χ1n) is 7.08. The van der Waals surface area contributed by atoms with Crippen molar-refractivity contribution in [2.45, 2.75) is 31.3 Å². The second kappa shape index (κ2) is 6.91. The fourth-order valence-electron chi connectivity index (χ4n) is 2.48. The van der Waals surface area contributed by atoms with Crippen molar-refractivity contribution in [2.24, 2.45) is 5.73 Å². The number of nitrogens with two attached hydrogens (primary N) is 2. The number of likely N-dealkylation sites (tertiary alicyclic amines) is 1. The minimum atomic E-state index is -0.362. The van der Waals surface area contributed by atoms with E-state index >= 15 is 0 Å². The zero-order chi connectivity index (χ0) is 15.2. The largest absolute Gasteiger partial charge is 0.399 e. The van der Waals surface area contributed by atoms with Gasteiger partial charge in [-0.1, -0.05) is 24.3 Å². The molecule has 21 heavy (non-hydrogen) atoms. The number of carbonyl (C=O) groups excluding carboxylic acids is 1. The molecule has 1 aromatic carbocycles. The monoisotopic (exact) mass is 284 g/mol. The summed E-state index contributed by atoms with van der Waals surface area (Å²) in [6, 6.07) is 8.97. The van der Waals surface area contributed by atoms with Gasteiger partial charge in [0.15, 0.2) is 0 Å². The minimum Gasteiger partial charge on any atom is -0.399 e. The third kappa shape index (κ3) is 4.07. The molecule has 1 heterocycles. The molecule has 110 valence electrons. The Bertz CT molecular complexity index is 576. The molecule has 4 N–H and O–H groups in total. The lowest BCUT2D eigenvalue weighted by molar-refractivity contribution is -0.131. The third-order valence-corrected chi connectivity index (χ3v) is 3.58. The van der Waals surface area contributed by atoms with E-state index in [2.05, 4.69) is 6.07 Å². The van der Waals surface area contributed by atoms with Gasteiger partial charge in [0, 0.05) is 24.7 Å². The number of rotatable bonds is 4. The van der Waals surface area contributed by atoms with Crippen molar-refractivity contribution < 1.29 is 4.79 Å². The molecule has 0 aromatic heterocycles. The molecule has 0 bridgehead atoms. The number of hydrogen-bond acceptors (Lipinski definition) is 4. The van der Waals surface area contributed by atoms with Crippen molar-refractivity contribution in [1.29, 1.82) is 5.26 Å². The van der Waals surface area contributed by atoms with Crippen molar-refractivity contribution in [2.75, 3.05) is 12.3 Å². The van der Waals surface area contributed by atoms with E-state index in [-0.39, 0.29) is 24.4 Å². The highest BCUT2D eigenvalue weighted by molar-refractivity contribution is 5.78. The third-order valence-electron chi connectivity index (χ3n) is 3.58. The fraction of sp³-hybridized carbons (Fsp3) is 0.375. The first kappa shape index (κ1) is 15.1. The summed E-state index contributed by atoms with van der Waals surface area (Å²) >= 11 is 0. The van der Waals surface area contributed by atoms with E-state index in [1.165, 1.54) is 0 Å². The number of anilines is 1. The first-order valence-corrected chi connectivity index (χ1v) is 7.08. The van der Waals surface area contributed by atoms with Gasteiger partial charge < -0.3 is 16.4 Å². The molecule has 1 saturated heterocycles. The topological polar surface area (TPSA) is 96.1 Å². The Balaban J connectivity index is 1.91. The summed E-state index contributed by atoms with van der Waals surface area (Å²) in [5.41, 5.74) is 13.3. The van der Waals surface area contributed by atoms with Gasteiger partial charge in [-0.05, 0) is 30.5 Å². The number of nitrogens with zero attached hydrogens (tertiary/aromatic N) is 2. The maximum absolute atomic E-state index is 12.1. The van der Waals surface area contributed by atoms with Crippen LogP contribution in [0, 0.1) is 11.3 Å². The quantitative estimate of drug-likeness (QED) is 0.819. The second-order valence-corrected chi connectivity index (χ2v) is 5.27. The summed E-state index contributed by atoms with van der Waals surface area (Å²) in [4.78, 5) is 13.8. The molecule has 0 aliphatic carbocycles. The van der Waals surface area contributed by atoms with Crippen LogP contribution in [-0.4, -0.2) is 29.4 Å². The molecular formula is C16H20N4O. The van der Waals surface area contributed by atoms with Crippen LogP contribution in [0.15, 0.2) is 30.3 Å². The Kier molecular flexibility index (Phi) is 4.96. The smallest absolute Gasteiger partial charge is 0.225 e. The molecule has 2 atom stereocenters. The van der Waals surface area contributed by atoms with E-state index in [9.17, 15) is 4.79 Å². The Morgan fingerprint density at radius 2 is 2.38 bits per heavy atom. The van der Waals surface area contributed by atoms with Crippen LogP contribution in [-0.2, 0) is 4.79 Å². The van der Waals surface area contributed by atoms with E-state index < -0.39 is 0 Å². The lowest BCUT2D eigenvalue weighted by Gasteiger charge is -2.20. The zero-order valence-electron chi connectivity index (χ0n) is 11.9. The molecule has 1 aliphatic heterocycles. The highest BCUT2D eigenvalue weighted by Crippen LogP contribution is 2.18. The van der Waals surface area contributed by atoms with Crippen LogP contribution in [0.25, 0.3) is 6.08 Å². The van der Waals surface area contributed by atoms with E-state index in [1.54, 1.807) is 11.0 Å². The van der Waals surface area contributed by atoms with Crippen molar-refractivity contribution in [3.05, 3.63) is 35.9 Å². The van der Waals surface area contributed by atoms with E-state index in [4.69, 9.17) is 16.7 Å². The van der Waals surface area contributed by atoms with Crippen molar-refractivity contribution >= 4 is 17.7 Å². The van der Waals surface area contributed by atoms with Crippen molar-refractivity contribution in [3.63, 3.8) is 0 Å². The average Bonchev–Trinajstić information content (AvgIpc) is 2.94. The Labute approximate surface area is 124 Å². The minimum absolute atomic E-state index is 0.0521. The van der Waals surface area contributed by atoms with Gasteiger partial charge >= 0.3 is 0 Å². The van der Waals surface area contributed by atoms with Crippen LogP contribution in [0.1, 0.15) is 24.8 Å². The number of benzene rings is 1. The number of nitrogen functional groups attached to an aromatic ring is 1. The summed E-state index contributed by atoms with van der Waals surface area (Å²) in [7, 11) is 0. The van der Waals surface area contributed by atoms with Crippen LogP contribution in [0.2, 0.25) is 0 Å². The Morgan fingerprint density at radius 1 is 1.57 bits per heavy atom. The molecule has 0 radical (unpaired) electrons. The van der Waals surface area contributed by atoms with Gasteiger partial charge in [0.05, 0.1) is 6.07 Å². The van der Waals surface area contributed by atoms with Gasteiger partial charge in [0.2, 0.25) is 5.91 Å². The Morgan fingerprint density at radius 3 is 3.10 bits per heavy atom. The zero-order valence-corrected chi connectivity index (χ0v) is 11.9. The normalized spacial score (nSPS) is 19.6. The van der Waals surface area contributed by atoms with Gasteiger partial charge in [0.1, 0.15) is 6.04 Å². The predicted octanol–water partition coefficient (Wildman–Crippen LogP) is 1.51. The van der Waals surface area contributed by atoms with Crippen molar-refractivity contribution in [1.82, 2.24) is 4.90 Å². The van der Waals surface area contributed by atoms with Crippen LogP contribution in [0.3, 0.4) is 0 Å². The maximum Gasteiger partial charge on any atom is 0.225 e. The first-order chi connectivity index (χ1) is 10.1. The van der Waals surface area contributed by atoms with Crippen LogP contribution in [0.5, 0.6) is 0 Å². The number of hydrogen-bond donors (Lipinski definition) is 2. The standard InChI is InChI=1S/C16H20N4O/c17-11-15-5-2-8-20(15)16(21)10-14(19)7-6-12-3-1-4-13(18)9-12/h1,3-4,6-7,9,14-15H,2,5,8,10,18-19H2/b7-6+. The second-order valence-electron chi connectivity index (χ2n) is 5.27. The van der Waals surface area contributed by atoms with Gasteiger partial charge in [-0.3, -0.25) is 4.79 Å². The van der Waals surface area contributed by atoms with Gasteiger partial charge in [-0.15, -0.1) is 0 Å². The molecule has 0 saturated carbocycles. The summed E-state index contributed by atoms with van der Waals surface area (Å²) in [5.74, 6) is -0.0521. The highest BCUT2D eigenvalue weighted by Gasteiger charge is 2.28. The molecule has 2 unspecified atom stereocenters. The van der Waals surface area contributed by atoms with Gasteiger partial charge in [-0.2, -0.15) is 5.26 Å². The van der Waals surface area contributed by atoms with Crippen molar-refractivity contribution in [3.8, 4) is 6.07 Å². The SMILES string of the molecule is N#CC1CCCN1C(=O)CC(N)/C=C/c1cccc(N)c1. The molecule has 5 nitrogen and oxygen atoms in total. The van der Waals surface area contributed by atoms with Crippen LogP contribution in [0.4, 0.5) is 5.69 Å².